The van der Waals surface area contributed by atoms with Crippen molar-refractivity contribution in [3.8, 4) is 23.0 Å². The van der Waals surface area contributed by atoms with Gasteiger partial charge in [0.15, 0.2) is 5.82 Å². The van der Waals surface area contributed by atoms with Gasteiger partial charge in [-0.2, -0.15) is 0 Å². The molecule has 1 N–H and O–H groups in total. The summed E-state index contributed by atoms with van der Waals surface area (Å²) < 4.78 is 11.4. The summed E-state index contributed by atoms with van der Waals surface area (Å²) in [6.07, 6.45) is 5.26. The van der Waals surface area contributed by atoms with Gasteiger partial charge in [-0.25, -0.2) is 4.98 Å². The molecule has 33 heavy (non-hydrogen) atoms. The number of aromatic amines is 1. The number of imidazole rings is 1. The molecule has 3 aromatic heterocycles. The predicted molar refractivity (Wildman–Crippen MR) is 124 cm³/mol. The van der Waals surface area contributed by atoms with Gasteiger partial charge in [-0.05, 0) is 43.2 Å². The number of benzene rings is 1. The number of methoxy groups -OCH3 is 1. The quantitative estimate of drug-likeness (QED) is 0.467. The smallest absolute Gasteiger partial charge is 0.219 e. The molecular weight excluding hydrogens is 418 g/mol. The van der Waals surface area contributed by atoms with E-state index in [2.05, 4.69) is 15.0 Å². The van der Waals surface area contributed by atoms with E-state index in [1.165, 1.54) is 0 Å². The molecule has 4 aromatic rings. The molecule has 0 bridgehead atoms. The summed E-state index contributed by atoms with van der Waals surface area (Å²) in [5, 5.41) is 0. The molecule has 168 valence electrons. The van der Waals surface area contributed by atoms with E-state index in [9.17, 15) is 4.79 Å². The highest BCUT2D eigenvalue weighted by molar-refractivity contribution is 5.82. The number of likely N-dealkylation sites (tertiary alicyclic amines) is 1. The minimum absolute atomic E-state index is 0.0516. The van der Waals surface area contributed by atoms with Crippen molar-refractivity contribution in [2.75, 3.05) is 13.7 Å². The summed E-state index contributed by atoms with van der Waals surface area (Å²) >= 11 is 0. The Morgan fingerprint density at radius 2 is 2.12 bits per heavy atom. The van der Waals surface area contributed by atoms with Crippen molar-refractivity contribution < 1.29 is 14.3 Å². The summed E-state index contributed by atoms with van der Waals surface area (Å²) in [5.74, 6) is 2.03. The normalized spacial score (nSPS) is 15.8. The Morgan fingerprint density at radius 3 is 2.85 bits per heavy atom. The molecule has 8 heteroatoms. The number of aromatic nitrogens is 4. The molecule has 1 aromatic carbocycles. The minimum atomic E-state index is -0.0516. The first-order valence-electron chi connectivity index (χ1n) is 11.0. The fourth-order valence-electron chi connectivity index (χ4n) is 4.33. The number of ether oxygens (including phenoxy) is 2. The lowest BCUT2D eigenvalue weighted by molar-refractivity contribution is -0.129. The topological polar surface area (TPSA) is 93.2 Å². The Balaban J connectivity index is 1.57. The van der Waals surface area contributed by atoms with E-state index in [1.54, 1.807) is 26.4 Å². The molecule has 0 aliphatic carbocycles. The molecule has 8 nitrogen and oxygen atoms in total. The second kappa shape index (κ2) is 8.99. The summed E-state index contributed by atoms with van der Waals surface area (Å²) in [6.45, 7) is 2.80. The number of carbonyl (C=O) groups is 1. The molecule has 0 spiro atoms. The highest BCUT2D eigenvalue weighted by atomic mass is 16.5. The average molecular weight is 444 g/mol. The van der Waals surface area contributed by atoms with Crippen LogP contribution < -0.4 is 4.74 Å². The van der Waals surface area contributed by atoms with E-state index in [0.717, 1.165) is 47.4 Å². The van der Waals surface area contributed by atoms with Crippen LogP contribution in [0.15, 0.2) is 54.9 Å². The first kappa shape index (κ1) is 21.1. The Kier molecular flexibility index (Phi) is 5.75. The molecule has 4 heterocycles. The molecule has 1 aliphatic heterocycles. The van der Waals surface area contributed by atoms with Crippen LogP contribution in [-0.2, 0) is 16.1 Å². The summed E-state index contributed by atoms with van der Waals surface area (Å²) in [7, 11) is 1.64. The number of rotatable bonds is 6. The second-order valence-electron chi connectivity index (χ2n) is 8.10. The zero-order valence-corrected chi connectivity index (χ0v) is 18.6. The molecule has 1 fully saturated rings. The van der Waals surface area contributed by atoms with Crippen molar-refractivity contribution in [3.05, 3.63) is 66.1 Å². The molecule has 0 saturated carbocycles. The van der Waals surface area contributed by atoms with E-state index in [4.69, 9.17) is 14.5 Å². The third kappa shape index (κ3) is 4.29. The van der Waals surface area contributed by atoms with Gasteiger partial charge >= 0.3 is 0 Å². The standard InChI is InChI=1S/C25H25N5O3/c1-16(31)30-11-5-7-23(30)19-12-21-22(29-25(28-21)20-6-3-4-10-26-20)13-24(19)33-18-9-8-17(15-32-2)27-14-18/h3-4,6,8-10,12-14,23H,5,7,11,15H2,1-2H3,(H,28,29)/t23-/m1/s1. The molecular formula is C25H25N5O3. The van der Waals surface area contributed by atoms with E-state index >= 15 is 0 Å². The number of H-pyrrole nitrogens is 1. The maximum Gasteiger partial charge on any atom is 0.219 e. The minimum Gasteiger partial charge on any atom is -0.455 e. The number of fused-ring (bicyclic) bond motifs is 1. The zero-order valence-electron chi connectivity index (χ0n) is 18.6. The first-order chi connectivity index (χ1) is 16.1. The number of hydrogen-bond acceptors (Lipinski definition) is 6. The molecule has 1 aliphatic rings. The van der Waals surface area contributed by atoms with Crippen molar-refractivity contribution in [2.45, 2.75) is 32.4 Å². The van der Waals surface area contributed by atoms with Crippen molar-refractivity contribution in [1.29, 1.82) is 0 Å². The van der Waals surface area contributed by atoms with Crippen LogP contribution in [0.1, 0.15) is 37.1 Å². The van der Waals surface area contributed by atoms with Crippen LogP contribution >= 0.6 is 0 Å². The van der Waals surface area contributed by atoms with Crippen LogP contribution in [0.5, 0.6) is 11.5 Å². The van der Waals surface area contributed by atoms with Crippen molar-refractivity contribution in [1.82, 2.24) is 24.8 Å². The molecule has 1 saturated heterocycles. The van der Waals surface area contributed by atoms with Crippen LogP contribution in [0, 0.1) is 0 Å². The number of amides is 1. The predicted octanol–water partition coefficient (Wildman–Crippen LogP) is 4.64. The summed E-state index contributed by atoms with van der Waals surface area (Å²) in [4.78, 5) is 31.1. The van der Waals surface area contributed by atoms with Gasteiger partial charge in [0.25, 0.3) is 0 Å². The van der Waals surface area contributed by atoms with Gasteiger partial charge in [-0.1, -0.05) is 6.07 Å². The lowest BCUT2D eigenvalue weighted by Crippen LogP contribution is -2.28. The van der Waals surface area contributed by atoms with E-state index in [1.807, 2.05) is 47.4 Å². The molecule has 5 rings (SSSR count). The Morgan fingerprint density at radius 1 is 1.21 bits per heavy atom. The molecule has 0 radical (unpaired) electrons. The maximum atomic E-state index is 12.3. The van der Waals surface area contributed by atoms with E-state index in [0.29, 0.717) is 23.9 Å². The third-order valence-corrected chi connectivity index (χ3v) is 5.85. The highest BCUT2D eigenvalue weighted by Crippen LogP contribution is 2.40. The van der Waals surface area contributed by atoms with Gasteiger partial charge in [0.05, 0.1) is 35.6 Å². The second-order valence-corrected chi connectivity index (χ2v) is 8.10. The number of nitrogens with one attached hydrogen (secondary N) is 1. The van der Waals surface area contributed by atoms with Crippen LogP contribution in [0.2, 0.25) is 0 Å². The maximum absolute atomic E-state index is 12.3. The Labute approximate surface area is 191 Å². The van der Waals surface area contributed by atoms with Gasteiger partial charge in [0, 0.05) is 38.4 Å². The van der Waals surface area contributed by atoms with Crippen molar-refractivity contribution in [3.63, 3.8) is 0 Å². The van der Waals surface area contributed by atoms with Crippen molar-refractivity contribution in [2.24, 2.45) is 0 Å². The number of hydrogen-bond donors (Lipinski definition) is 1. The third-order valence-electron chi connectivity index (χ3n) is 5.85. The van der Waals surface area contributed by atoms with Crippen LogP contribution in [0.4, 0.5) is 0 Å². The first-order valence-corrected chi connectivity index (χ1v) is 11.0. The highest BCUT2D eigenvalue weighted by Gasteiger charge is 2.31. The van der Waals surface area contributed by atoms with E-state index in [-0.39, 0.29) is 11.9 Å². The lowest BCUT2D eigenvalue weighted by atomic mass is 10.0. The number of carbonyl (C=O) groups excluding carboxylic acids is 1. The van der Waals surface area contributed by atoms with Crippen molar-refractivity contribution >= 4 is 16.9 Å². The van der Waals surface area contributed by atoms with Crippen LogP contribution in [0.3, 0.4) is 0 Å². The van der Waals surface area contributed by atoms with Gasteiger partial charge in [0.1, 0.15) is 17.2 Å². The molecule has 1 atom stereocenters. The lowest BCUT2D eigenvalue weighted by Gasteiger charge is -2.25. The van der Waals surface area contributed by atoms with Gasteiger partial charge in [-0.3, -0.25) is 14.8 Å². The summed E-state index contributed by atoms with van der Waals surface area (Å²) in [6, 6.07) is 13.4. The summed E-state index contributed by atoms with van der Waals surface area (Å²) in [5.41, 5.74) is 4.19. The van der Waals surface area contributed by atoms with E-state index < -0.39 is 0 Å². The average Bonchev–Trinajstić information content (AvgIpc) is 3.48. The van der Waals surface area contributed by atoms with Crippen LogP contribution in [-0.4, -0.2) is 44.4 Å². The Hall–Kier alpha value is -3.78. The largest absolute Gasteiger partial charge is 0.455 e. The van der Waals surface area contributed by atoms with Crippen LogP contribution in [0.25, 0.3) is 22.6 Å². The number of nitrogens with zero attached hydrogens (tertiary/aromatic N) is 4. The number of pyridine rings is 2. The van der Waals surface area contributed by atoms with Gasteiger partial charge < -0.3 is 19.4 Å². The van der Waals surface area contributed by atoms with Gasteiger partial charge in [0.2, 0.25) is 5.91 Å². The Bertz CT molecular complexity index is 1270. The molecule has 1 amide bonds. The fraction of sp³-hybridized carbons (Fsp3) is 0.280. The monoisotopic (exact) mass is 443 g/mol. The molecule has 0 unspecified atom stereocenters. The van der Waals surface area contributed by atoms with Gasteiger partial charge in [-0.15, -0.1) is 0 Å². The zero-order chi connectivity index (χ0) is 22.8. The SMILES string of the molecule is COCc1ccc(Oc2cc3nc(-c4ccccn4)[nH]c3cc2[C@H]2CCCN2C(C)=O)cn1. The fourth-order valence-corrected chi connectivity index (χ4v) is 4.33.